The summed E-state index contributed by atoms with van der Waals surface area (Å²) in [5.41, 5.74) is 2.42. The molecular weight excluding hydrogens is 322 g/mol. The van der Waals surface area contributed by atoms with Gasteiger partial charge in [0.05, 0.1) is 0 Å². The van der Waals surface area contributed by atoms with Gasteiger partial charge >= 0.3 is 0 Å². The monoisotopic (exact) mass is 347 g/mol. The van der Waals surface area contributed by atoms with E-state index in [4.69, 9.17) is 4.74 Å². The van der Waals surface area contributed by atoms with E-state index in [-0.39, 0.29) is 0 Å². The minimum Gasteiger partial charge on any atom is -0.490 e. The molecule has 4 nitrogen and oxygen atoms in total. The first-order valence-electron chi connectivity index (χ1n) is 9.24. The summed E-state index contributed by atoms with van der Waals surface area (Å²) in [6.45, 7) is 2.09. The molecule has 4 rings (SSSR count). The molecule has 1 fully saturated rings. The first-order chi connectivity index (χ1) is 12.7. The second-order valence-electron chi connectivity index (χ2n) is 7.06. The number of anilines is 1. The molecule has 1 aromatic heterocycles. The Hall–Kier alpha value is -2.59. The lowest BCUT2D eigenvalue weighted by Gasteiger charge is -2.23. The third-order valence-electron chi connectivity index (χ3n) is 4.96. The van der Waals surface area contributed by atoms with Crippen molar-refractivity contribution in [1.29, 1.82) is 0 Å². The summed E-state index contributed by atoms with van der Waals surface area (Å²) in [6, 6.07) is 17.0. The molecule has 0 atom stereocenters. The van der Waals surface area contributed by atoms with Crippen LogP contribution >= 0.6 is 0 Å². The van der Waals surface area contributed by atoms with E-state index in [1.807, 2.05) is 25.2 Å². The van der Waals surface area contributed by atoms with Crippen LogP contribution in [0.3, 0.4) is 0 Å². The highest BCUT2D eigenvalue weighted by molar-refractivity contribution is 5.97. The molecule has 134 valence electrons. The third-order valence-corrected chi connectivity index (χ3v) is 4.96. The number of nitrogens with zero attached hydrogens (tertiary/aromatic N) is 2. The number of hydrogen-bond acceptors (Lipinski definition) is 4. The van der Waals surface area contributed by atoms with Crippen LogP contribution in [0.15, 0.2) is 54.7 Å². The molecule has 0 aliphatic carbocycles. The molecule has 1 saturated heterocycles. The Balaban J connectivity index is 1.63. The first-order valence-corrected chi connectivity index (χ1v) is 9.24. The number of nitrogens with one attached hydrogen (secondary N) is 1. The average molecular weight is 347 g/mol. The van der Waals surface area contributed by atoms with Gasteiger partial charge in [-0.25, -0.2) is 4.98 Å². The maximum Gasteiger partial charge on any atom is 0.128 e. The van der Waals surface area contributed by atoms with Gasteiger partial charge in [0.2, 0.25) is 0 Å². The highest BCUT2D eigenvalue weighted by Crippen LogP contribution is 2.31. The topological polar surface area (TPSA) is 37.4 Å². The van der Waals surface area contributed by atoms with Crippen molar-refractivity contribution in [2.75, 3.05) is 32.1 Å². The summed E-state index contributed by atoms with van der Waals surface area (Å²) in [5.74, 6) is 1.92. The van der Waals surface area contributed by atoms with Crippen LogP contribution in [0, 0.1) is 0 Å². The zero-order chi connectivity index (χ0) is 17.9. The molecule has 0 amide bonds. The van der Waals surface area contributed by atoms with Gasteiger partial charge in [0.25, 0.3) is 0 Å². The van der Waals surface area contributed by atoms with Gasteiger partial charge in [-0.15, -0.1) is 0 Å². The van der Waals surface area contributed by atoms with Crippen molar-refractivity contribution in [3.8, 4) is 16.9 Å². The fraction of sp³-hybridized carbons (Fsp3) is 0.318. The summed E-state index contributed by atoms with van der Waals surface area (Å²) in [7, 11) is 4.04. The van der Waals surface area contributed by atoms with E-state index in [2.05, 4.69) is 58.8 Å². The predicted molar refractivity (Wildman–Crippen MR) is 108 cm³/mol. The number of ether oxygens (including phenoxy) is 1. The molecule has 2 heterocycles. The van der Waals surface area contributed by atoms with Crippen molar-refractivity contribution >= 4 is 16.6 Å². The Kier molecular flexibility index (Phi) is 4.76. The fourth-order valence-corrected chi connectivity index (χ4v) is 3.47. The fourth-order valence-electron chi connectivity index (χ4n) is 3.47. The number of fused-ring (bicyclic) bond motifs is 1. The van der Waals surface area contributed by atoms with Gasteiger partial charge in [-0.1, -0.05) is 30.3 Å². The van der Waals surface area contributed by atoms with Crippen molar-refractivity contribution in [1.82, 2.24) is 10.3 Å². The highest BCUT2D eigenvalue weighted by Gasteiger charge is 2.14. The Morgan fingerprint density at radius 2 is 1.81 bits per heavy atom. The summed E-state index contributed by atoms with van der Waals surface area (Å²) in [5, 5.41) is 5.75. The Labute approximate surface area is 154 Å². The predicted octanol–water partition coefficient (Wildman–Crippen LogP) is 4.10. The molecule has 0 radical (unpaired) electrons. The van der Waals surface area contributed by atoms with Crippen LogP contribution in [-0.4, -0.2) is 38.3 Å². The van der Waals surface area contributed by atoms with Gasteiger partial charge in [-0.3, -0.25) is 0 Å². The van der Waals surface area contributed by atoms with E-state index in [0.29, 0.717) is 6.10 Å². The summed E-state index contributed by atoms with van der Waals surface area (Å²) >= 11 is 0. The molecular formula is C22H25N3O. The van der Waals surface area contributed by atoms with Crippen LogP contribution in [0.25, 0.3) is 21.9 Å². The Morgan fingerprint density at radius 3 is 2.54 bits per heavy atom. The van der Waals surface area contributed by atoms with Crippen LogP contribution in [0.2, 0.25) is 0 Å². The molecule has 4 heteroatoms. The van der Waals surface area contributed by atoms with Gasteiger partial charge in [0.1, 0.15) is 17.7 Å². The van der Waals surface area contributed by atoms with Crippen molar-refractivity contribution < 1.29 is 4.74 Å². The maximum absolute atomic E-state index is 6.13. The molecule has 26 heavy (non-hydrogen) atoms. The molecule has 3 aromatic rings. The summed E-state index contributed by atoms with van der Waals surface area (Å²) < 4.78 is 6.13. The second kappa shape index (κ2) is 7.34. The lowest BCUT2D eigenvalue weighted by atomic mass is 9.99. The van der Waals surface area contributed by atoms with Crippen molar-refractivity contribution in [3.05, 3.63) is 54.7 Å². The standard InChI is InChI=1S/C22H25N3O/c1-25(2)22-14-21-17(15-24-22)4-3-5-20(21)16-6-8-18(9-7-16)26-19-10-12-23-13-11-19/h3-9,14-15,19,23H,10-13H2,1-2H3. The van der Waals surface area contributed by atoms with E-state index in [9.17, 15) is 0 Å². The number of aromatic nitrogens is 1. The summed E-state index contributed by atoms with van der Waals surface area (Å²) in [6.07, 6.45) is 4.42. The lowest BCUT2D eigenvalue weighted by Crippen LogP contribution is -2.34. The molecule has 0 unspecified atom stereocenters. The molecule has 0 saturated carbocycles. The van der Waals surface area contributed by atoms with Crippen LogP contribution in [0.5, 0.6) is 5.75 Å². The van der Waals surface area contributed by atoms with Gasteiger partial charge in [0, 0.05) is 25.7 Å². The highest BCUT2D eigenvalue weighted by atomic mass is 16.5. The lowest BCUT2D eigenvalue weighted by molar-refractivity contribution is 0.162. The molecule has 2 aromatic carbocycles. The Bertz CT molecular complexity index is 884. The van der Waals surface area contributed by atoms with Crippen LogP contribution in [-0.2, 0) is 0 Å². The number of hydrogen-bond donors (Lipinski definition) is 1. The summed E-state index contributed by atoms with van der Waals surface area (Å²) in [4.78, 5) is 6.56. The maximum atomic E-state index is 6.13. The quantitative estimate of drug-likeness (QED) is 0.771. The Morgan fingerprint density at radius 1 is 1.04 bits per heavy atom. The van der Waals surface area contributed by atoms with Crippen LogP contribution in [0.1, 0.15) is 12.8 Å². The second-order valence-corrected chi connectivity index (χ2v) is 7.06. The van der Waals surface area contributed by atoms with Crippen molar-refractivity contribution in [2.45, 2.75) is 18.9 Å². The minimum atomic E-state index is 0.327. The largest absolute Gasteiger partial charge is 0.490 e. The number of rotatable bonds is 4. The van der Waals surface area contributed by atoms with Gasteiger partial charge in [0.15, 0.2) is 0 Å². The minimum absolute atomic E-state index is 0.327. The number of benzene rings is 2. The average Bonchev–Trinajstić information content (AvgIpc) is 2.68. The van der Waals surface area contributed by atoms with Crippen LogP contribution < -0.4 is 15.0 Å². The molecule has 0 bridgehead atoms. The SMILES string of the molecule is CN(C)c1cc2c(-c3ccc(OC4CCNCC4)cc3)cccc2cn1. The van der Waals surface area contributed by atoms with Crippen molar-refractivity contribution in [2.24, 2.45) is 0 Å². The number of piperidine rings is 1. The molecule has 1 aliphatic heterocycles. The normalized spacial score (nSPS) is 15.2. The van der Waals surface area contributed by atoms with E-state index < -0.39 is 0 Å². The molecule has 1 N–H and O–H groups in total. The molecule has 0 spiro atoms. The van der Waals surface area contributed by atoms with Crippen LogP contribution in [0.4, 0.5) is 5.82 Å². The van der Waals surface area contributed by atoms with Gasteiger partial charge in [-0.05, 0) is 60.6 Å². The third kappa shape index (κ3) is 3.51. The number of pyridine rings is 1. The van der Waals surface area contributed by atoms with E-state index in [0.717, 1.165) is 42.9 Å². The smallest absolute Gasteiger partial charge is 0.128 e. The van der Waals surface area contributed by atoms with Gasteiger partial charge in [-0.2, -0.15) is 0 Å². The first kappa shape index (κ1) is 16.9. The van der Waals surface area contributed by atoms with Gasteiger partial charge < -0.3 is 15.0 Å². The van der Waals surface area contributed by atoms with Crippen molar-refractivity contribution in [3.63, 3.8) is 0 Å². The zero-order valence-corrected chi connectivity index (χ0v) is 15.4. The van der Waals surface area contributed by atoms with E-state index >= 15 is 0 Å². The van der Waals surface area contributed by atoms with E-state index in [1.165, 1.54) is 16.5 Å². The zero-order valence-electron chi connectivity index (χ0n) is 15.4. The molecule has 1 aliphatic rings. The van der Waals surface area contributed by atoms with E-state index in [1.54, 1.807) is 0 Å².